The van der Waals surface area contributed by atoms with Crippen molar-refractivity contribution < 1.29 is 80.2 Å². The Bertz CT molecular complexity index is 1720. The predicted molar refractivity (Wildman–Crippen MR) is 349 cm³/mol. The van der Waals surface area contributed by atoms with Crippen LogP contribution in [0.15, 0.2) is 0 Å². The number of esters is 4. The molecule has 0 rings (SSSR count). The minimum atomic E-state index is -4.95. The quantitative estimate of drug-likeness (QED) is 0.0222. The van der Waals surface area contributed by atoms with E-state index in [0.29, 0.717) is 31.6 Å². The Hall–Kier alpha value is -1.94. The van der Waals surface area contributed by atoms with Crippen LogP contribution >= 0.6 is 15.6 Å². The third-order valence-corrected chi connectivity index (χ3v) is 18.3. The van der Waals surface area contributed by atoms with Gasteiger partial charge in [0.15, 0.2) is 12.2 Å². The van der Waals surface area contributed by atoms with Gasteiger partial charge in [-0.15, -0.1) is 0 Å². The molecular formula is C68H132O17P2. The lowest BCUT2D eigenvalue weighted by Gasteiger charge is -2.21. The van der Waals surface area contributed by atoms with E-state index in [4.69, 9.17) is 37.0 Å². The molecule has 0 spiro atoms. The zero-order valence-electron chi connectivity index (χ0n) is 56.5. The molecule has 0 amide bonds. The summed E-state index contributed by atoms with van der Waals surface area (Å²) in [5.41, 5.74) is 0. The molecule has 0 aliphatic heterocycles. The molecule has 0 bridgehead atoms. The second-order valence-corrected chi connectivity index (χ2v) is 28.4. The van der Waals surface area contributed by atoms with Crippen LogP contribution < -0.4 is 0 Å². The van der Waals surface area contributed by atoms with Gasteiger partial charge in [0.25, 0.3) is 0 Å². The van der Waals surface area contributed by atoms with E-state index >= 15 is 0 Å². The summed E-state index contributed by atoms with van der Waals surface area (Å²) in [6.07, 6.45) is 41.8. The molecule has 0 aromatic carbocycles. The van der Waals surface area contributed by atoms with Crippen LogP contribution in [0.2, 0.25) is 0 Å². The maximum Gasteiger partial charge on any atom is 0.472 e. The number of aliphatic hydroxyl groups is 1. The van der Waals surface area contributed by atoms with Crippen molar-refractivity contribution in [2.75, 3.05) is 39.6 Å². The molecule has 17 nitrogen and oxygen atoms in total. The molecule has 0 aliphatic carbocycles. The summed E-state index contributed by atoms with van der Waals surface area (Å²) in [6, 6.07) is 0. The van der Waals surface area contributed by atoms with Crippen LogP contribution in [0.25, 0.3) is 0 Å². The van der Waals surface area contributed by atoms with Crippen molar-refractivity contribution in [3.05, 3.63) is 0 Å². The van der Waals surface area contributed by atoms with E-state index in [0.717, 1.165) is 108 Å². The number of aliphatic hydroxyl groups excluding tert-OH is 1. The number of ether oxygens (including phenoxy) is 4. The number of hydrogen-bond acceptors (Lipinski definition) is 15. The lowest BCUT2D eigenvalue weighted by molar-refractivity contribution is -0.161. The van der Waals surface area contributed by atoms with E-state index in [1.165, 1.54) is 141 Å². The summed E-state index contributed by atoms with van der Waals surface area (Å²) in [4.78, 5) is 72.4. The van der Waals surface area contributed by atoms with Gasteiger partial charge >= 0.3 is 39.5 Å². The zero-order chi connectivity index (χ0) is 64.5. The first-order valence-corrected chi connectivity index (χ1v) is 38.4. The van der Waals surface area contributed by atoms with Crippen molar-refractivity contribution in [2.45, 2.75) is 356 Å². The summed E-state index contributed by atoms with van der Waals surface area (Å²) in [5, 5.41) is 10.6. The zero-order valence-corrected chi connectivity index (χ0v) is 58.3. The molecule has 87 heavy (non-hydrogen) atoms. The van der Waals surface area contributed by atoms with Crippen molar-refractivity contribution in [1.82, 2.24) is 0 Å². The largest absolute Gasteiger partial charge is 0.472 e. The first-order valence-electron chi connectivity index (χ1n) is 35.4. The first kappa shape index (κ1) is 85.1. The van der Waals surface area contributed by atoms with Gasteiger partial charge in [0, 0.05) is 25.7 Å². The summed E-state index contributed by atoms with van der Waals surface area (Å²) < 4.78 is 68.2. The number of phosphoric acid groups is 2. The lowest BCUT2D eigenvalue weighted by atomic mass is 9.99. The maximum atomic E-state index is 13.0. The fraction of sp³-hybridized carbons (Fsp3) is 0.941. The molecule has 0 aromatic heterocycles. The summed E-state index contributed by atoms with van der Waals surface area (Å²) >= 11 is 0. The Balaban J connectivity index is 5.25. The van der Waals surface area contributed by atoms with Gasteiger partial charge in [0.2, 0.25) is 0 Å². The van der Waals surface area contributed by atoms with Gasteiger partial charge in [-0.05, 0) is 43.4 Å². The number of unbranched alkanes of at least 4 members (excludes halogenated alkanes) is 32. The highest BCUT2D eigenvalue weighted by Gasteiger charge is 2.30. The predicted octanol–water partition coefficient (Wildman–Crippen LogP) is 19.1. The molecule has 0 radical (unpaired) electrons. The summed E-state index contributed by atoms with van der Waals surface area (Å²) in [5.74, 6) is 0.0694. The molecule has 0 aliphatic rings. The van der Waals surface area contributed by atoms with Crippen molar-refractivity contribution in [1.29, 1.82) is 0 Å². The number of rotatable bonds is 66. The monoisotopic (exact) mass is 1280 g/mol. The van der Waals surface area contributed by atoms with Gasteiger partial charge in [-0.1, -0.05) is 286 Å². The third-order valence-electron chi connectivity index (χ3n) is 16.4. The maximum absolute atomic E-state index is 13.0. The fourth-order valence-electron chi connectivity index (χ4n) is 10.1. The SMILES string of the molecule is CCCCCCCCCCCCCCCCC(=O)OC[C@H](COP(=O)(O)OC[C@@H](O)COP(=O)(O)OC[C@@H](COC(=O)CCCCCCCCC(C)C)OC(=O)CCCCCCCCC(C)CC)OC(=O)CCCCCCCCCCCCC(C)CC. The van der Waals surface area contributed by atoms with E-state index in [2.05, 4.69) is 48.5 Å². The second kappa shape index (κ2) is 59.1. The van der Waals surface area contributed by atoms with E-state index in [9.17, 15) is 43.2 Å². The third kappa shape index (κ3) is 60.1. The molecule has 3 N–H and O–H groups in total. The summed E-state index contributed by atoms with van der Waals surface area (Å²) in [7, 11) is -9.90. The first-order chi connectivity index (χ1) is 41.8. The number of carbonyl (C=O) groups excluding carboxylic acids is 4. The van der Waals surface area contributed by atoms with Crippen LogP contribution in [-0.4, -0.2) is 96.7 Å². The molecule has 0 aromatic rings. The van der Waals surface area contributed by atoms with Gasteiger partial charge in [-0.25, -0.2) is 9.13 Å². The Labute approximate surface area is 530 Å². The van der Waals surface area contributed by atoms with Gasteiger partial charge in [-0.2, -0.15) is 0 Å². The standard InChI is InChI=1S/C68H132O17P2/c1-8-11-12-13-14-15-16-17-18-19-23-26-35-42-49-65(70)78-55-63(84-67(72)51-44-37-27-24-21-20-22-25-33-40-47-60(6)9-2)57-82-86(74,75)80-53-62(69)54-81-87(76,77)83-58-64(56-79-66(71)50-43-36-30-28-32-39-46-59(4)5)85-68(73)52-45-38-31-29-34-41-48-61(7)10-3/h59-64,69H,8-58H2,1-7H3,(H,74,75)(H,76,77)/t60?,61?,62-,63-,64-/m1/s1. The van der Waals surface area contributed by atoms with E-state index in [1.54, 1.807) is 0 Å². The van der Waals surface area contributed by atoms with Crippen molar-refractivity contribution in [3.63, 3.8) is 0 Å². The molecular weight excluding hydrogens is 1150 g/mol. The highest BCUT2D eigenvalue weighted by atomic mass is 31.2. The Kier molecular flexibility index (Phi) is 57.8. The number of carbonyl (C=O) groups is 4. The molecule has 19 heteroatoms. The smallest absolute Gasteiger partial charge is 0.462 e. The Morgan fingerprint density at radius 3 is 0.874 bits per heavy atom. The average Bonchev–Trinajstić information content (AvgIpc) is 3.64. The van der Waals surface area contributed by atoms with E-state index in [1.807, 2.05) is 0 Å². The topological polar surface area (TPSA) is 237 Å². The average molecular weight is 1280 g/mol. The van der Waals surface area contributed by atoms with Gasteiger partial charge in [0.05, 0.1) is 26.4 Å². The van der Waals surface area contributed by atoms with E-state index < -0.39 is 97.5 Å². The van der Waals surface area contributed by atoms with E-state index in [-0.39, 0.29) is 25.7 Å². The minimum Gasteiger partial charge on any atom is -0.462 e. The molecule has 0 heterocycles. The summed E-state index contributed by atoms with van der Waals surface area (Å²) in [6.45, 7) is 11.7. The minimum absolute atomic E-state index is 0.102. The number of phosphoric ester groups is 2. The lowest BCUT2D eigenvalue weighted by Crippen LogP contribution is -2.30. The molecule has 0 fully saturated rings. The van der Waals surface area contributed by atoms with Crippen LogP contribution in [0, 0.1) is 17.8 Å². The highest BCUT2D eigenvalue weighted by molar-refractivity contribution is 7.47. The molecule has 7 atom stereocenters. The van der Waals surface area contributed by atoms with Gasteiger partial charge < -0.3 is 33.8 Å². The van der Waals surface area contributed by atoms with Crippen LogP contribution in [0.1, 0.15) is 337 Å². The fourth-order valence-corrected chi connectivity index (χ4v) is 11.7. The Morgan fingerprint density at radius 1 is 0.333 bits per heavy atom. The second-order valence-electron chi connectivity index (χ2n) is 25.5. The van der Waals surface area contributed by atoms with Crippen LogP contribution in [0.3, 0.4) is 0 Å². The number of hydrogen-bond donors (Lipinski definition) is 3. The van der Waals surface area contributed by atoms with Crippen molar-refractivity contribution in [3.8, 4) is 0 Å². The van der Waals surface area contributed by atoms with Crippen molar-refractivity contribution in [2.24, 2.45) is 17.8 Å². The normalized spacial score (nSPS) is 14.9. The van der Waals surface area contributed by atoms with Crippen molar-refractivity contribution >= 4 is 39.5 Å². The van der Waals surface area contributed by atoms with Crippen LogP contribution in [-0.2, 0) is 65.4 Å². The Morgan fingerprint density at radius 2 is 0.586 bits per heavy atom. The van der Waals surface area contributed by atoms with Gasteiger partial charge in [-0.3, -0.25) is 37.3 Å². The molecule has 0 saturated carbocycles. The van der Waals surface area contributed by atoms with Crippen LogP contribution in [0.4, 0.5) is 0 Å². The molecule has 4 unspecified atom stereocenters. The highest BCUT2D eigenvalue weighted by Crippen LogP contribution is 2.45. The van der Waals surface area contributed by atoms with Crippen LogP contribution in [0.5, 0.6) is 0 Å². The molecule has 516 valence electrons. The van der Waals surface area contributed by atoms with Gasteiger partial charge in [0.1, 0.15) is 19.3 Å². The molecule has 0 saturated heterocycles.